The van der Waals surface area contributed by atoms with Gasteiger partial charge in [-0.3, -0.25) is 4.79 Å². The summed E-state index contributed by atoms with van der Waals surface area (Å²) in [6.07, 6.45) is -5.28. The van der Waals surface area contributed by atoms with Crippen LogP contribution in [0.25, 0.3) is 11.1 Å². The van der Waals surface area contributed by atoms with Gasteiger partial charge >= 0.3 is 6.18 Å². The van der Waals surface area contributed by atoms with Crippen LogP contribution in [0.3, 0.4) is 0 Å². The predicted octanol–water partition coefficient (Wildman–Crippen LogP) is 3.76. The van der Waals surface area contributed by atoms with Crippen molar-refractivity contribution in [1.29, 1.82) is 0 Å². The van der Waals surface area contributed by atoms with Crippen molar-refractivity contribution in [2.75, 3.05) is 0 Å². The van der Waals surface area contributed by atoms with Crippen LogP contribution >= 0.6 is 0 Å². The number of halogens is 8. The first-order chi connectivity index (χ1) is 10.1. The van der Waals surface area contributed by atoms with E-state index in [4.69, 9.17) is 0 Å². The van der Waals surface area contributed by atoms with Gasteiger partial charge in [0.05, 0.1) is 5.56 Å². The molecule has 2 rings (SSSR count). The predicted molar refractivity (Wildman–Crippen MR) is 57.3 cm³/mol. The quantitative estimate of drug-likeness (QED) is 0.482. The standard InChI is InChI=1S/C12H3F8NO/c13-6-5(7(14)9(16)10(17)8(6)15)3-1-2-4(22)21-11(3)12(18,19)20/h1-2H,(H,21,22). The Labute approximate surface area is 116 Å². The van der Waals surface area contributed by atoms with Crippen LogP contribution in [-0.2, 0) is 6.18 Å². The van der Waals surface area contributed by atoms with Gasteiger partial charge in [0, 0.05) is 11.6 Å². The molecule has 0 saturated carbocycles. The number of aromatic nitrogens is 1. The van der Waals surface area contributed by atoms with E-state index in [1.54, 1.807) is 0 Å². The first kappa shape index (κ1) is 16.0. The van der Waals surface area contributed by atoms with Crippen LogP contribution in [0.4, 0.5) is 35.1 Å². The molecule has 0 unspecified atom stereocenters. The van der Waals surface area contributed by atoms with Gasteiger partial charge in [0.1, 0.15) is 5.69 Å². The Hall–Kier alpha value is -2.39. The minimum absolute atomic E-state index is 0.319. The molecule has 1 aromatic heterocycles. The summed E-state index contributed by atoms with van der Waals surface area (Å²) in [5.41, 5.74) is -6.34. The Morgan fingerprint density at radius 2 is 1.23 bits per heavy atom. The molecule has 0 atom stereocenters. The first-order valence-electron chi connectivity index (χ1n) is 5.38. The monoisotopic (exact) mass is 329 g/mol. The number of benzene rings is 1. The average molecular weight is 329 g/mol. The number of hydrogen-bond acceptors (Lipinski definition) is 1. The third-order valence-electron chi connectivity index (χ3n) is 2.68. The number of alkyl halides is 3. The number of hydrogen-bond donors (Lipinski definition) is 1. The van der Waals surface area contributed by atoms with Gasteiger partial charge in [0.2, 0.25) is 11.4 Å². The lowest BCUT2D eigenvalue weighted by Gasteiger charge is -2.14. The third-order valence-corrected chi connectivity index (χ3v) is 2.68. The highest BCUT2D eigenvalue weighted by molar-refractivity contribution is 5.68. The summed E-state index contributed by atoms with van der Waals surface area (Å²) in [6.45, 7) is 0. The maximum atomic E-state index is 13.6. The summed E-state index contributed by atoms with van der Waals surface area (Å²) >= 11 is 0. The van der Waals surface area contributed by atoms with Crippen molar-refractivity contribution >= 4 is 0 Å². The summed E-state index contributed by atoms with van der Waals surface area (Å²) in [7, 11) is 0. The molecule has 1 aromatic carbocycles. The highest BCUT2D eigenvalue weighted by Gasteiger charge is 2.38. The molecule has 0 aliphatic heterocycles. The fourth-order valence-electron chi connectivity index (χ4n) is 1.75. The van der Waals surface area contributed by atoms with Gasteiger partial charge in [-0.05, 0) is 6.07 Å². The van der Waals surface area contributed by atoms with Crippen molar-refractivity contribution in [3.05, 3.63) is 57.3 Å². The zero-order valence-corrected chi connectivity index (χ0v) is 10.1. The fourth-order valence-corrected chi connectivity index (χ4v) is 1.75. The molecule has 22 heavy (non-hydrogen) atoms. The van der Waals surface area contributed by atoms with Gasteiger partial charge in [0.15, 0.2) is 23.3 Å². The molecule has 0 saturated heterocycles. The third kappa shape index (κ3) is 2.44. The Kier molecular flexibility index (Phi) is 3.71. The van der Waals surface area contributed by atoms with E-state index < -0.39 is 57.6 Å². The molecule has 2 nitrogen and oxygen atoms in total. The van der Waals surface area contributed by atoms with Gasteiger partial charge in [-0.25, -0.2) is 22.0 Å². The number of H-pyrrole nitrogens is 1. The molecule has 0 amide bonds. The van der Waals surface area contributed by atoms with E-state index in [1.165, 1.54) is 4.98 Å². The molecule has 0 aliphatic carbocycles. The Morgan fingerprint density at radius 3 is 1.68 bits per heavy atom. The van der Waals surface area contributed by atoms with Crippen molar-refractivity contribution in [3.63, 3.8) is 0 Å². The number of rotatable bonds is 1. The summed E-state index contributed by atoms with van der Waals surface area (Å²) in [5.74, 6) is -12.2. The zero-order valence-electron chi connectivity index (χ0n) is 10.1. The first-order valence-corrected chi connectivity index (χ1v) is 5.38. The van der Waals surface area contributed by atoms with Crippen LogP contribution in [0.2, 0.25) is 0 Å². The molecular formula is C12H3F8NO. The van der Waals surface area contributed by atoms with E-state index in [9.17, 15) is 39.9 Å². The lowest BCUT2D eigenvalue weighted by molar-refractivity contribution is -0.140. The second-order valence-corrected chi connectivity index (χ2v) is 4.05. The van der Waals surface area contributed by atoms with Gasteiger partial charge in [0.25, 0.3) is 0 Å². The van der Waals surface area contributed by atoms with Crippen molar-refractivity contribution in [2.45, 2.75) is 6.18 Å². The van der Waals surface area contributed by atoms with Crippen LogP contribution in [-0.4, -0.2) is 4.98 Å². The van der Waals surface area contributed by atoms with E-state index in [0.717, 1.165) is 0 Å². The summed E-state index contributed by atoms with van der Waals surface area (Å²) < 4.78 is 105. The summed E-state index contributed by atoms with van der Waals surface area (Å²) in [4.78, 5) is 12.2. The molecule has 10 heteroatoms. The molecule has 0 spiro atoms. The van der Waals surface area contributed by atoms with Gasteiger partial charge in [-0.1, -0.05) is 0 Å². The van der Waals surface area contributed by atoms with Gasteiger partial charge < -0.3 is 4.98 Å². The van der Waals surface area contributed by atoms with E-state index in [0.29, 0.717) is 12.1 Å². The minimum atomic E-state index is -5.28. The van der Waals surface area contributed by atoms with Crippen molar-refractivity contribution in [1.82, 2.24) is 4.98 Å². The molecule has 0 bridgehead atoms. The Balaban J connectivity index is 2.93. The molecule has 0 fully saturated rings. The molecule has 0 aliphatic rings. The van der Waals surface area contributed by atoms with Crippen LogP contribution in [0.5, 0.6) is 0 Å². The molecule has 118 valence electrons. The number of aromatic amines is 1. The topological polar surface area (TPSA) is 32.9 Å². The fraction of sp³-hybridized carbons (Fsp3) is 0.0833. The Morgan fingerprint density at radius 1 is 0.773 bits per heavy atom. The van der Waals surface area contributed by atoms with Gasteiger partial charge in [-0.2, -0.15) is 13.2 Å². The normalized spacial score (nSPS) is 11.8. The van der Waals surface area contributed by atoms with Crippen LogP contribution in [0.15, 0.2) is 16.9 Å². The average Bonchev–Trinajstić information content (AvgIpc) is 2.43. The van der Waals surface area contributed by atoms with Crippen molar-refractivity contribution < 1.29 is 35.1 Å². The molecular weight excluding hydrogens is 326 g/mol. The zero-order chi connectivity index (χ0) is 16.8. The smallest absolute Gasteiger partial charge is 0.318 e. The van der Waals surface area contributed by atoms with Gasteiger partial charge in [-0.15, -0.1) is 0 Å². The lowest BCUT2D eigenvalue weighted by atomic mass is 10.0. The SMILES string of the molecule is O=c1ccc(-c2c(F)c(F)c(F)c(F)c2F)c(C(F)(F)F)[nH]1. The Bertz CT molecular complexity index is 779. The van der Waals surface area contributed by atoms with Crippen molar-refractivity contribution in [2.24, 2.45) is 0 Å². The largest absolute Gasteiger partial charge is 0.431 e. The van der Waals surface area contributed by atoms with Crippen molar-refractivity contribution in [3.8, 4) is 11.1 Å². The molecule has 2 aromatic rings. The summed E-state index contributed by atoms with van der Waals surface area (Å²) in [6, 6.07) is 0.780. The van der Waals surface area contributed by atoms with E-state index in [2.05, 4.69) is 0 Å². The second kappa shape index (κ2) is 5.11. The molecule has 0 radical (unpaired) electrons. The van der Waals surface area contributed by atoms with E-state index >= 15 is 0 Å². The number of pyridine rings is 1. The van der Waals surface area contributed by atoms with Crippen LogP contribution in [0, 0.1) is 29.1 Å². The van der Waals surface area contributed by atoms with Crippen LogP contribution in [0.1, 0.15) is 5.69 Å². The van der Waals surface area contributed by atoms with Crippen LogP contribution < -0.4 is 5.56 Å². The van der Waals surface area contributed by atoms with E-state index in [1.807, 2.05) is 0 Å². The number of nitrogens with one attached hydrogen (secondary N) is 1. The maximum absolute atomic E-state index is 13.6. The molecule has 1 heterocycles. The van der Waals surface area contributed by atoms with E-state index in [-0.39, 0.29) is 0 Å². The minimum Gasteiger partial charge on any atom is -0.318 e. The maximum Gasteiger partial charge on any atom is 0.431 e. The molecule has 1 N–H and O–H groups in total. The highest BCUT2D eigenvalue weighted by Crippen LogP contribution is 2.38. The summed E-state index contributed by atoms with van der Waals surface area (Å²) in [5, 5.41) is 0. The lowest BCUT2D eigenvalue weighted by Crippen LogP contribution is -2.18. The second-order valence-electron chi connectivity index (χ2n) is 4.05. The highest BCUT2D eigenvalue weighted by atomic mass is 19.4.